The summed E-state index contributed by atoms with van der Waals surface area (Å²) in [6.07, 6.45) is 1.07. The van der Waals surface area contributed by atoms with Gasteiger partial charge in [-0.3, -0.25) is 0 Å². The molecule has 2 unspecified atom stereocenters. The van der Waals surface area contributed by atoms with Crippen molar-refractivity contribution in [2.75, 3.05) is 0 Å². The van der Waals surface area contributed by atoms with Crippen LogP contribution in [0.3, 0.4) is 0 Å². The van der Waals surface area contributed by atoms with E-state index in [1.807, 2.05) is 13.0 Å². The number of ether oxygens (including phenoxy) is 5. The second kappa shape index (κ2) is 13.2. The Balaban J connectivity index is 1.35. The summed E-state index contributed by atoms with van der Waals surface area (Å²) in [7, 11) is 6.49. The molecule has 3 aromatic rings. The monoisotopic (exact) mass is 618 g/mol. The van der Waals surface area contributed by atoms with Crippen LogP contribution in [-0.2, 0) is 28.5 Å². The Kier molecular flexibility index (Phi) is 8.90. The van der Waals surface area contributed by atoms with Crippen LogP contribution in [0.25, 0.3) is 0 Å². The molecule has 7 atom stereocenters. The molecule has 1 saturated carbocycles. The fraction of sp³-hybridized carbons (Fsp3) is 0.278. The molecular weight excluding hydrogens is 587 g/mol. The average molecular weight is 618 g/mol. The molecule has 1 aliphatic heterocycles. The first kappa shape index (κ1) is 31.0. The zero-order valence-corrected chi connectivity index (χ0v) is 25.0. The third-order valence-corrected chi connectivity index (χ3v) is 8.22. The summed E-state index contributed by atoms with van der Waals surface area (Å²) in [6.45, 7) is 2.03. The van der Waals surface area contributed by atoms with Gasteiger partial charge in [-0.1, -0.05) is 79.7 Å². The molecule has 2 aliphatic carbocycles. The van der Waals surface area contributed by atoms with E-state index < -0.39 is 59.9 Å². The van der Waals surface area contributed by atoms with Crippen molar-refractivity contribution in [2.45, 2.75) is 55.8 Å². The van der Waals surface area contributed by atoms with Crippen molar-refractivity contribution < 1.29 is 42.9 Å². The molecule has 1 saturated heterocycles. The summed E-state index contributed by atoms with van der Waals surface area (Å²) >= 11 is 0. The quantitative estimate of drug-likeness (QED) is 0.200. The lowest BCUT2D eigenvalue weighted by Crippen LogP contribution is -2.64. The van der Waals surface area contributed by atoms with Gasteiger partial charge in [0, 0.05) is 6.42 Å². The molecule has 3 aliphatic rings. The van der Waals surface area contributed by atoms with Gasteiger partial charge >= 0.3 is 23.9 Å². The van der Waals surface area contributed by atoms with Gasteiger partial charge in [-0.2, -0.15) is 0 Å². The molecule has 46 heavy (non-hydrogen) atoms. The number of carbonyl (C=O) groups is 4. The fourth-order valence-electron chi connectivity index (χ4n) is 5.62. The van der Waals surface area contributed by atoms with Gasteiger partial charge in [0.15, 0.2) is 18.3 Å². The molecule has 2 fully saturated rings. The predicted octanol–water partition coefficient (Wildman–Crippen LogP) is 4.76. The number of esters is 4. The maximum Gasteiger partial charge on any atom is 0.338 e. The maximum absolute atomic E-state index is 13.5. The third kappa shape index (κ3) is 6.53. The van der Waals surface area contributed by atoms with E-state index in [4.69, 9.17) is 31.5 Å². The number of benzene rings is 3. The number of allylic oxidation sites excluding steroid dienone is 2. The smallest absolute Gasteiger partial charge is 0.338 e. The van der Waals surface area contributed by atoms with E-state index in [1.54, 1.807) is 103 Å². The van der Waals surface area contributed by atoms with Crippen LogP contribution in [0.2, 0.25) is 0 Å². The first-order chi connectivity index (χ1) is 22.2. The Morgan fingerprint density at radius 1 is 0.696 bits per heavy atom. The molecule has 0 amide bonds. The van der Waals surface area contributed by atoms with Crippen molar-refractivity contribution in [1.29, 1.82) is 0 Å². The minimum atomic E-state index is -1.48. The van der Waals surface area contributed by atoms with Gasteiger partial charge < -0.3 is 23.7 Å². The van der Waals surface area contributed by atoms with E-state index in [0.29, 0.717) is 17.9 Å². The van der Waals surface area contributed by atoms with Crippen molar-refractivity contribution in [3.63, 3.8) is 0 Å². The first-order valence-corrected chi connectivity index (χ1v) is 15.1. The van der Waals surface area contributed by atoms with E-state index in [9.17, 15) is 19.2 Å². The van der Waals surface area contributed by atoms with Crippen LogP contribution in [0.15, 0.2) is 115 Å². The molecule has 2 radical (unpaired) electrons. The minimum Gasteiger partial charge on any atom is -0.455 e. The van der Waals surface area contributed by atoms with E-state index >= 15 is 0 Å². The summed E-state index contributed by atoms with van der Waals surface area (Å²) in [6, 6.07) is 23.3. The summed E-state index contributed by atoms with van der Waals surface area (Å²) < 4.78 is 29.9. The molecular formula is C36H31BO9. The van der Waals surface area contributed by atoms with Crippen molar-refractivity contribution in [1.82, 2.24) is 0 Å². The van der Waals surface area contributed by atoms with Crippen LogP contribution in [-0.4, -0.2) is 67.7 Å². The lowest BCUT2D eigenvalue weighted by atomic mass is 9.83. The highest BCUT2D eigenvalue weighted by Gasteiger charge is 2.72. The molecule has 9 nitrogen and oxygen atoms in total. The van der Waals surface area contributed by atoms with E-state index in [0.717, 1.165) is 0 Å². The molecule has 10 heteroatoms. The Labute approximate surface area is 267 Å². The van der Waals surface area contributed by atoms with Crippen LogP contribution in [0.5, 0.6) is 0 Å². The third-order valence-electron chi connectivity index (χ3n) is 8.22. The molecule has 1 heterocycles. The van der Waals surface area contributed by atoms with Crippen molar-refractivity contribution >= 4 is 31.7 Å². The minimum absolute atomic E-state index is 0.0886. The molecule has 1 spiro atoms. The standard InChI is InChI=1S/C36H31BO9/c1-22-17-19-26(20-18-22)32(38)42-27-21-36(27)30(45-35(41)25-15-9-4-10-16-25)28(43-33(39)23-11-5-2-6-12-23)29(31(37)46-36)44-34(40)24-13-7-3-8-14-24/h2-17,19-20,22,27-31H,18,21H2,1H3/t22?,27-,28-,29-,30+,31+,36?/m1/s1. The zero-order chi connectivity index (χ0) is 32.3. The highest BCUT2D eigenvalue weighted by atomic mass is 16.7. The Morgan fingerprint density at radius 2 is 1.20 bits per heavy atom. The SMILES string of the molecule is [B][C@H]1OC2(C[C@H]2OC(=O)C2=CCC(C)C=C2)[C@@H](OC(=O)c2ccccc2)[C@H](OC(=O)c2ccccc2)[C@H]1OC(=O)c1ccccc1. The highest BCUT2D eigenvalue weighted by Crippen LogP contribution is 2.53. The molecule has 232 valence electrons. The van der Waals surface area contributed by atoms with E-state index in [-0.39, 0.29) is 23.1 Å². The van der Waals surface area contributed by atoms with E-state index in [2.05, 4.69) is 0 Å². The summed E-state index contributed by atoms with van der Waals surface area (Å²) in [5, 5.41) is 0. The number of rotatable bonds is 8. The Bertz CT molecular complexity index is 1660. The predicted molar refractivity (Wildman–Crippen MR) is 166 cm³/mol. The van der Waals surface area contributed by atoms with Gasteiger partial charge in [0.2, 0.25) is 0 Å². The number of hydrogen-bond acceptors (Lipinski definition) is 9. The van der Waals surface area contributed by atoms with Gasteiger partial charge in [0.05, 0.1) is 28.3 Å². The van der Waals surface area contributed by atoms with Crippen LogP contribution in [0.1, 0.15) is 50.8 Å². The van der Waals surface area contributed by atoms with Crippen LogP contribution in [0, 0.1) is 5.92 Å². The first-order valence-electron chi connectivity index (χ1n) is 15.1. The van der Waals surface area contributed by atoms with Gasteiger partial charge in [-0.15, -0.1) is 0 Å². The number of carbonyl (C=O) groups excluding carboxylic acids is 4. The van der Waals surface area contributed by atoms with Crippen molar-refractivity contribution in [3.05, 3.63) is 131 Å². The van der Waals surface area contributed by atoms with E-state index in [1.165, 1.54) is 0 Å². The second-order valence-corrected chi connectivity index (χ2v) is 11.5. The summed E-state index contributed by atoms with van der Waals surface area (Å²) in [4.78, 5) is 53.3. The van der Waals surface area contributed by atoms with Crippen molar-refractivity contribution in [3.8, 4) is 0 Å². The lowest BCUT2D eigenvalue weighted by molar-refractivity contribution is -0.223. The second-order valence-electron chi connectivity index (χ2n) is 11.5. The highest BCUT2D eigenvalue weighted by molar-refractivity contribution is 6.12. The fourth-order valence-corrected chi connectivity index (χ4v) is 5.62. The summed E-state index contributed by atoms with van der Waals surface area (Å²) in [5.41, 5.74) is -0.438. The van der Waals surface area contributed by atoms with Crippen LogP contribution in [0.4, 0.5) is 0 Å². The van der Waals surface area contributed by atoms with Gasteiger partial charge in [-0.05, 0) is 48.7 Å². The average Bonchev–Trinajstić information content (AvgIpc) is 3.76. The normalized spacial score (nSPS) is 28.0. The molecule has 6 rings (SSSR count). The Hall–Kier alpha value is -4.96. The topological polar surface area (TPSA) is 114 Å². The van der Waals surface area contributed by atoms with Gasteiger partial charge in [-0.25, -0.2) is 19.2 Å². The number of hydrogen-bond donors (Lipinski definition) is 0. The Morgan fingerprint density at radius 3 is 1.70 bits per heavy atom. The van der Waals surface area contributed by atoms with Crippen LogP contribution < -0.4 is 0 Å². The van der Waals surface area contributed by atoms with Gasteiger partial charge in [0.1, 0.15) is 19.6 Å². The van der Waals surface area contributed by atoms with Crippen molar-refractivity contribution in [2.24, 2.45) is 5.92 Å². The van der Waals surface area contributed by atoms with Crippen LogP contribution >= 0.6 is 0 Å². The zero-order valence-electron chi connectivity index (χ0n) is 25.0. The molecule has 0 N–H and O–H groups in total. The lowest BCUT2D eigenvalue weighted by Gasteiger charge is -2.45. The maximum atomic E-state index is 13.5. The van der Waals surface area contributed by atoms with Gasteiger partial charge in [0.25, 0.3) is 0 Å². The molecule has 0 bridgehead atoms. The molecule has 0 aromatic heterocycles. The summed E-state index contributed by atoms with van der Waals surface area (Å²) in [5.74, 6) is -2.55. The largest absolute Gasteiger partial charge is 0.455 e. The molecule has 3 aromatic carbocycles.